The summed E-state index contributed by atoms with van der Waals surface area (Å²) in [6.07, 6.45) is 6.18. The van der Waals surface area contributed by atoms with Gasteiger partial charge in [-0.25, -0.2) is 4.98 Å². The minimum atomic E-state index is -0.142. The fraction of sp³-hybridized carbons (Fsp3) is 0.286. The van der Waals surface area contributed by atoms with E-state index in [1.54, 1.807) is 24.5 Å². The first kappa shape index (κ1) is 11.0. The SMILES string of the molecule is CC(=O)c1cc(-n2cnc(C3CC3)c2)ccc1O. The quantitative estimate of drug-likeness (QED) is 0.842. The zero-order valence-electron chi connectivity index (χ0n) is 10.1. The van der Waals surface area contributed by atoms with Crippen LogP contribution in [0.25, 0.3) is 5.69 Å². The van der Waals surface area contributed by atoms with Crippen LogP contribution in [0.15, 0.2) is 30.7 Å². The Morgan fingerprint density at radius 1 is 1.44 bits per heavy atom. The first-order chi connectivity index (χ1) is 8.65. The molecule has 0 spiro atoms. The lowest BCUT2D eigenvalue weighted by molar-refractivity contribution is 0.101. The summed E-state index contributed by atoms with van der Waals surface area (Å²) in [6, 6.07) is 5.01. The number of carbonyl (C=O) groups is 1. The fourth-order valence-electron chi connectivity index (χ4n) is 2.04. The topological polar surface area (TPSA) is 55.1 Å². The molecule has 1 heterocycles. The molecule has 18 heavy (non-hydrogen) atoms. The molecule has 0 aliphatic heterocycles. The summed E-state index contributed by atoms with van der Waals surface area (Å²) in [6.45, 7) is 1.45. The number of hydrogen-bond acceptors (Lipinski definition) is 3. The predicted molar refractivity (Wildman–Crippen MR) is 67.2 cm³/mol. The highest BCUT2D eigenvalue weighted by molar-refractivity contribution is 5.97. The van der Waals surface area contributed by atoms with E-state index in [1.165, 1.54) is 19.8 Å². The van der Waals surface area contributed by atoms with Gasteiger partial charge in [0.25, 0.3) is 0 Å². The molecule has 0 saturated heterocycles. The van der Waals surface area contributed by atoms with Crippen molar-refractivity contribution in [1.82, 2.24) is 9.55 Å². The summed E-state index contributed by atoms with van der Waals surface area (Å²) < 4.78 is 1.89. The molecule has 3 rings (SSSR count). The monoisotopic (exact) mass is 242 g/mol. The van der Waals surface area contributed by atoms with Crippen molar-refractivity contribution in [2.45, 2.75) is 25.7 Å². The highest BCUT2D eigenvalue weighted by Crippen LogP contribution is 2.39. The number of nitrogens with zero attached hydrogens (tertiary/aromatic N) is 2. The maximum Gasteiger partial charge on any atom is 0.163 e. The van der Waals surface area contributed by atoms with Gasteiger partial charge in [0.15, 0.2) is 5.78 Å². The Morgan fingerprint density at radius 3 is 2.89 bits per heavy atom. The molecule has 2 aromatic rings. The van der Waals surface area contributed by atoms with Crippen LogP contribution in [-0.2, 0) is 0 Å². The molecule has 1 saturated carbocycles. The lowest BCUT2D eigenvalue weighted by Crippen LogP contribution is -1.97. The fourth-order valence-corrected chi connectivity index (χ4v) is 2.04. The van der Waals surface area contributed by atoms with E-state index in [0.29, 0.717) is 11.5 Å². The smallest absolute Gasteiger partial charge is 0.163 e. The Bertz CT molecular complexity index is 612. The third-order valence-electron chi connectivity index (χ3n) is 3.26. The zero-order valence-corrected chi connectivity index (χ0v) is 10.1. The average Bonchev–Trinajstić information content (AvgIpc) is 3.08. The molecular weight excluding hydrogens is 228 g/mol. The molecule has 0 amide bonds. The zero-order chi connectivity index (χ0) is 12.7. The Morgan fingerprint density at radius 2 is 2.22 bits per heavy atom. The van der Waals surface area contributed by atoms with E-state index in [-0.39, 0.29) is 11.5 Å². The Balaban J connectivity index is 1.99. The molecule has 4 nitrogen and oxygen atoms in total. The number of aromatic hydroxyl groups is 1. The first-order valence-electron chi connectivity index (χ1n) is 6.03. The summed E-state index contributed by atoms with van der Waals surface area (Å²) in [4.78, 5) is 15.8. The van der Waals surface area contributed by atoms with Gasteiger partial charge in [-0.3, -0.25) is 4.79 Å². The van der Waals surface area contributed by atoms with Gasteiger partial charge < -0.3 is 9.67 Å². The minimum absolute atomic E-state index is 0.0220. The largest absolute Gasteiger partial charge is 0.507 e. The minimum Gasteiger partial charge on any atom is -0.507 e. The van der Waals surface area contributed by atoms with E-state index in [1.807, 2.05) is 10.8 Å². The molecule has 92 valence electrons. The van der Waals surface area contributed by atoms with Crippen molar-refractivity contribution in [2.75, 3.05) is 0 Å². The van der Waals surface area contributed by atoms with Gasteiger partial charge in [-0.2, -0.15) is 0 Å². The highest BCUT2D eigenvalue weighted by Gasteiger charge is 2.25. The summed E-state index contributed by atoms with van der Waals surface area (Å²) in [5.41, 5.74) is 2.29. The molecule has 0 atom stereocenters. The molecule has 1 N–H and O–H groups in total. The maximum absolute atomic E-state index is 11.4. The van der Waals surface area contributed by atoms with Crippen LogP contribution in [0.4, 0.5) is 0 Å². The van der Waals surface area contributed by atoms with Crippen molar-refractivity contribution in [3.05, 3.63) is 42.0 Å². The summed E-state index contributed by atoms with van der Waals surface area (Å²) >= 11 is 0. The summed E-state index contributed by atoms with van der Waals surface area (Å²) in [5.74, 6) is 0.487. The standard InChI is InChI=1S/C14H14N2O2/c1-9(17)12-6-11(4-5-14(12)18)16-7-13(15-8-16)10-2-3-10/h4-8,10,18H,2-3H2,1H3. The van der Waals surface area contributed by atoms with Crippen LogP contribution in [0, 0.1) is 0 Å². The molecule has 0 radical (unpaired) electrons. The van der Waals surface area contributed by atoms with Gasteiger partial charge >= 0.3 is 0 Å². The van der Waals surface area contributed by atoms with Crippen LogP contribution in [0.1, 0.15) is 41.7 Å². The molecule has 1 aromatic carbocycles. The van der Waals surface area contributed by atoms with E-state index in [0.717, 1.165) is 11.4 Å². The van der Waals surface area contributed by atoms with Crippen LogP contribution in [-0.4, -0.2) is 20.4 Å². The van der Waals surface area contributed by atoms with Crippen molar-refractivity contribution in [3.8, 4) is 11.4 Å². The van der Waals surface area contributed by atoms with Gasteiger partial charge in [0.1, 0.15) is 5.75 Å². The van der Waals surface area contributed by atoms with Crippen molar-refractivity contribution >= 4 is 5.78 Å². The lowest BCUT2D eigenvalue weighted by atomic mass is 10.1. The molecule has 0 unspecified atom stereocenters. The number of aromatic nitrogens is 2. The van der Waals surface area contributed by atoms with Crippen LogP contribution in [0.3, 0.4) is 0 Å². The summed E-state index contributed by atoms with van der Waals surface area (Å²) in [7, 11) is 0. The molecular formula is C14H14N2O2. The summed E-state index contributed by atoms with van der Waals surface area (Å²) in [5, 5.41) is 9.61. The third-order valence-corrected chi connectivity index (χ3v) is 3.26. The number of Topliss-reactive ketones (excluding diaryl/α,β-unsaturated/α-hetero) is 1. The van der Waals surface area contributed by atoms with Gasteiger partial charge in [-0.1, -0.05) is 0 Å². The molecule has 1 fully saturated rings. The van der Waals surface area contributed by atoms with E-state index < -0.39 is 0 Å². The van der Waals surface area contributed by atoms with Crippen LogP contribution >= 0.6 is 0 Å². The number of hydrogen-bond donors (Lipinski definition) is 1. The van der Waals surface area contributed by atoms with Gasteiger partial charge in [0.2, 0.25) is 0 Å². The number of phenolic OH excluding ortho intramolecular Hbond substituents is 1. The third kappa shape index (κ3) is 1.90. The molecule has 1 aliphatic carbocycles. The van der Waals surface area contributed by atoms with E-state index in [4.69, 9.17) is 0 Å². The number of ketones is 1. The Hall–Kier alpha value is -2.10. The number of carbonyl (C=O) groups excluding carboxylic acids is 1. The average molecular weight is 242 g/mol. The second-order valence-corrected chi connectivity index (χ2v) is 4.74. The van der Waals surface area contributed by atoms with E-state index in [2.05, 4.69) is 4.98 Å². The van der Waals surface area contributed by atoms with E-state index >= 15 is 0 Å². The molecule has 1 aliphatic rings. The normalized spacial score (nSPS) is 14.7. The van der Waals surface area contributed by atoms with Gasteiger partial charge in [0, 0.05) is 17.8 Å². The van der Waals surface area contributed by atoms with Crippen molar-refractivity contribution < 1.29 is 9.90 Å². The maximum atomic E-state index is 11.4. The van der Waals surface area contributed by atoms with Crippen molar-refractivity contribution in [1.29, 1.82) is 0 Å². The van der Waals surface area contributed by atoms with Crippen LogP contribution < -0.4 is 0 Å². The van der Waals surface area contributed by atoms with Gasteiger partial charge in [-0.15, -0.1) is 0 Å². The number of benzene rings is 1. The van der Waals surface area contributed by atoms with E-state index in [9.17, 15) is 9.90 Å². The van der Waals surface area contributed by atoms with Crippen molar-refractivity contribution in [2.24, 2.45) is 0 Å². The van der Waals surface area contributed by atoms with Gasteiger partial charge in [0.05, 0.1) is 17.6 Å². The number of phenols is 1. The molecule has 4 heteroatoms. The highest BCUT2D eigenvalue weighted by atomic mass is 16.3. The second-order valence-electron chi connectivity index (χ2n) is 4.74. The number of imidazole rings is 1. The molecule has 1 aromatic heterocycles. The number of rotatable bonds is 3. The first-order valence-corrected chi connectivity index (χ1v) is 6.03. The molecule has 0 bridgehead atoms. The van der Waals surface area contributed by atoms with Crippen LogP contribution in [0.2, 0.25) is 0 Å². The predicted octanol–water partition coefficient (Wildman–Crippen LogP) is 2.66. The Kier molecular flexibility index (Phi) is 2.44. The Labute approximate surface area is 105 Å². The van der Waals surface area contributed by atoms with Gasteiger partial charge in [-0.05, 0) is 38.0 Å². The lowest BCUT2D eigenvalue weighted by Gasteiger charge is -2.05. The second kappa shape index (κ2) is 3.98. The van der Waals surface area contributed by atoms with Crippen molar-refractivity contribution in [3.63, 3.8) is 0 Å². The van der Waals surface area contributed by atoms with Crippen LogP contribution in [0.5, 0.6) is 5.75 Å².